The van der Waals surface area contributed by atoms with Gasteiger partial charge in [0.05, 0.1) is 6.04 Å². The molecule has 70 valence electrons. The Kier molecular flexibility index (Phi) is 4.51. The third-order valence-corrected chi connectivity index (χ3v) is 1.72. The van der Waals surface area contributed by atoms with Crippen LogP contribution in [0.3, 0.4) is 0 Å². The van der Waals surface area contributed by atoms with Gasteiger partial charge in [-0.1, -0.05) is 0 Å². The average Bonchev–Trinajstić information content (AvgIpc) is 1.84. The zero-order valence-corrected chi connectivity index (χ0v) is 7.70. The number of carbonyl (C=O) groups is 2. The van der Waals surface area contributed by atoms with Gasteiger partial charge in [0.2, 0.25) is 0 Å². The molecule has 12 heavy (non-hydrogen) atoms. The zero-order valence-electron chi connectivity index (χ0n) is 7.70. The summed E-state index contributed by atoms with van der Waals surface area (Å²) in [5, 5.41) is 8.40. The highest BCUT2D eigenvalue weighted by Gasteiger charge is 2.17. The summed E-state index contributed by atoms with van der Waals surface area (Å²) in [6.45, 7) is 1.48. The lowest BCUT2D eigenvalue weighted by atomic mass is 10.1. The molecule has 0 saturated heterocycles. The number of Topliss-reactive ketones (excluding diaryl/α,β-unsaturated/α-hetero) is 1. The smallest absolute Gasteiger partial charge is 0.303 e. The highest BCUT2D eigenvalue weighted by molar-refractivity contribution is 5.82. The fraction of sp³-hybridized carbons (Fsp3) is 0.750. The number of aliphatic carboxylic acids is 1. The summed E-state index contributed by atoms with van der Waals surface area (Å²) in [5.41, 5.74) is 0. The van der Waals surface area contributed by atoms with Crippen LogP contribution >= 0.6 is 0 Å². The van der Waals surface area contributed by atoms with Crippen LogP contribution in [0.15, 0.2) is 0 Å². The van der Waals surface area contributed by atoms with Gasteiger partial charge < -0.3 is 5.11 Å². The van der Waals surface area contributed by atoms with Crippen LogP contribution in [0.25, 0.3) is 0 Å². The normalized spacial score (nSPS) is 13.0. The lowest BCUT2D eigenvalue weighted by Crippen LogP contribution is -2.34. The molecule has 0 aromatic heterocycles. The van der Waals surface area contributed by atoms with Crippen LogP contribution < -0.4 is 0 Å². The van der Waals surface area contributed by atoms with Gasteiger partial charge >= 0.3 is 5.97 Å². The van der Waals surface area contributed by atoms with Crippen molar-refractivity contribution in [2.45, 2.75) is 25.8 Å². The number of carbonyl (C=O) groups excluding carboxylic acids is 1. The van der Waals surface area contributed by atoms with E-state index >= 15 is 0 Å². The maximum absolute atomic E-state index is 11.0. The fourth-order valence-corrected chi connectivity index (χ4v) is 1.09. The van der Waals surface area contributed by atoms with Crippen molar-refractivity contribution in [1.82, 2.24) is 4.90 Å². The zero-order chi connectivity index (χ0) is 9.72. The van der Waals surface area contributed by atoms with Crippen molar-refractivity contribution in [3.05, 3.63) is 0 Å². The number of carboxylic acid groups (broad SMARTS) is 1. The lowest BCUT2D eigenvalue weighted by Gasteiger charge is -2.20. The summed E-state index contributed by atoms with van der Waals surface area (Å²) in [6.07, 6.45) is 0.431. The number of hydrogen-bond acceptors (Lipinski definition) is 3. The van der Waals surface area contributed by atoms with Gasteiger partial charge in [0.1, 0.15) is 5.78 Å². The van der Waals surface area contributed by atoms with Crippen molar-refractivity contribution in [2.24, 2.45) is 0 Å². The summed E-state index contributed by atoms with van der Waals surface area (Å²) >= 11 is 0. The Labute approximate surface area is 72.2 Å². The Hall–Kier alpha value is -0.900. The third-order valence-electron chi connectivity index (χ3n) is 1.72. The van der Waals surface area contributed by atoms with Crippen molar-refractivity contribution in [2.75, 3.05) is 14.1 Å². The summed E-state index contributed by atoms with van der Waals surface area (Å²) in [7, 11) is 3.54. The van der Waals surface area contributed by atoms with Gasteiger partial charge in [0, 0.05) is 6.42 Å². The number of hydrogen-bond donors (Lipinski definition) is 1. The molecular weight excluding hydrogens is 158 g/mol. The highest BCUT2D eigenvalue weighted by Crippen LogP contribution is 2.04. The van der Waals surface area contributed by atoms with Gasteiger partial charge in [-0.3, -0.25) is 14.5 Å². The molecule has 1 atom stereocenters. The first-order valence-corrected chi connectivity index (χ1v) is 3.83. The number of likely N-dealkylation sites (N-methyl/N-ethyl adjacent to an activating group) is 1. The van der Waals surface area contributed by atoms with E-state index in [9.17, 15) is 9.59 Å². The third kappa shape index (κ3) is 4.08. The topological polar surface area (TPSA) is 57.6 Å². The van der Waals surface area contributed by atoms with Gasteiger partial charge in [-0.05, 0) is 27.4 Å². The van der Waals surface area contributed by atoms with Gasteiger partial charge in [0.15, 0.2) is 0 Å². The van der Waals surface area contributed by atoms with E-state index in [0.717, 1.165) is 0 Å². The largest absolute Gasteiger partial charge is 0.481 e. The molecule has 0 aliphatic heterocycles. The molecule has 0 saturated carbocycles. The SMILES string of the molecule is CC(=O)[C@H](CCC(=O)O)N(C)C. The maximum atomic E-state index is 11.0. The van der Waals surface area contributed by atoms with Crippen molar-refractivity contribution >= 4 is 11.8 Å². The second-order valence-corrected chi connectivity index (χ2v) is 3.02. The quantitative estimate of drug-likeness (QED) is 0.652. The highest BCUT2D eigenvalue weighted by atomic mass is 16.4. The Morgan fingerprint density at radius 1 is 1.42 bits per heavy atom. The molecule has 0 bridgehead atoms. The molecular formula is C8H15NO3. The predicted octanol–water partition coefficient (Wildman–Crippen LogP) is 0.370. The van der Waals surface area contributed by atoms with Crippen molar-refractivity contribution in [1.29, 1.82) is 0 Å². The molecule has 0 aromatic carbocycles. The average molecular weight is 173 g/mol. The molecule has 0 aromatic rings. The number of carboxylic acids is 1. The molecule has 0 spiro atoms. The lowest BCUT2D eigenvalue weighted by molar-refractivity contribution is -0.137. The molecule has 0 fully saturated rings. The van der Waals surface area contributed by atoms with E-state index < -0.39 is 5.97 Å². The summed E-state index contributed by atoms with van der Waals surface area (Å²) in [5.74, 6) is -0.843. The van der Waals surface area contributed by atoms with E-state index in [-0.39, 0.29) is 18.2 Å². The summed E-state index contributed by atoms with van der Waals surface area (Å²) in [6, 6.07) is -0.263. The van der Waals surface area contributed by atoms with Crippen LogP contribution in [-0.2, 0) is 9.59 Å². The summed E-state index contributed by atoms with van der Waals surface area (Å²) in [4.78, 5) is 22.9. The predicted molar refractivity (Wildman–Crippen MR) is 45.0 cm³/mol. The van der Waals surface area contributed by atoms with Crippen LogP contribution in [0.1, 0.15) is 19.8 Å². The molecule has 1 N–H and O–H groups in total. The second-order valence-electron chi connectivity index (χ2n) is 3.02. The van der Waals surface area contributed by atoms with Crippen molar-refractivity contribution in [3.8, 4) is 0 Å². The minimum Gasteiger partial charge on any atom is -0.481 e. The van der Waals surface area contributed by atoms with Gasteiger partial charge in [-0.2, -0.15) is 0 Å². The fourth-order valence-electron chi connectivity index (χ4n) is 1.09. The van der Waals surface area contributed by atoms with Crippen LogP contribution in [0, 0.1) is 0 Å². The molecule has 4 nitrogen and oxygen atoms in total. The first-order valence-electron chi connectivity index (χ1n) is 3.83. The Morgan fingerprint density at radius 3 is 2.17 bits per heavy atom. The minimum absolute atomic E-state index is 0.0150. The van der Waals surface area contributed by atoms with Crippen molar-refractivity contribution in [3.63, 3.8) is 0 Å². The van der Waals surface area contributed by atoms with Crippen LogP contribution in [0.5, 0.6) is 0 Å². The Balaban J connectivity index is 3.97. The van der Waals surface area contributed by atoms with E-state index in [2.05, 4.69) is 0 Å². The first kappa shape index (κ1) is 11.1. The maximum Gasteiger partial charge on any atom is 0.303 e. The summed E-state index contributed by atoms with van der Waals surface area (Å²) < 4.78 is 0. The molecule has 0 aliphatic carbocycles. The number of ketones is 1. The Bertz CT molecular complexity index is 177. The van der Waals surface area contributed by atoms with Gasteiger partial charge in [-0.15, -0.1) is 0 Å². The van der Waals surface area contributed by atoms with Gasteiger partial charge in [0.25, 0.3) is 0 Å². The minimum atomic E-state index is -0.858. The second kappa shape index (κ2) is 4.87. The van der Waals surface area contributed by atoms with Crippen LogP contribution in [0.2, 0.25) is 0 Å². The van der Waals surface area contributed by atoms with E-state index in [1.165, 1.54) is 6.92 Å². The number of nitrogens with zero attached hydrogens (tertiary/aromatic N) is 1. The van der Waals surface area contributed by atoms with E-state index in [4.69, 9.17) is 5.11 Å². The van der Waals surface area contributed by atoms with Crippen LogP contribution in [0.4, 0.5) is 0 Å². The molecule has 0 unspecified atom stereocenters. The molecule has 0 radical (unpaired) electrons. The Morgan fingerprint density at radius 2 is 1.92 bits per heavy atom. The van der Waals surface area contributed by atoms with E-state index in [1.807, 2.05) is 0 Å². The van der Waals surface area contributed by atoms with E-state index in [0.29, 0.717) is 6.42 Å². The molecule has 0 rings (SSSR count). The van der Waals surface area contributed by atoms with Gasteiger partial charge in [-0.25, -0.2) is 0 Å². The molecule has 0 aliphatic rings. The van der Waals surface area contributed by atoms with Crippen molar-refractivity contribution < 1.29 is 14.7 Å². The van der Waals surface area contributed by atoms with E-state index in [1.54, 1.807) is 19.0 Å². The monoisotopic (exact) mass is 173 g/mol. The molecule has 0 heterocycles. The van der Waals surface area contributed by atoms with Crippen LogP contribution in [-0.4, -0.2) is 41.9 Å². The first-order chi connectivity index (χ1) is 5.45. The molecule has 0 amide bonds. The standard InChI is InChI=1S/C8H15NO3/c1-6(10)7(9(2)3)4-5-8(11)12/h7H,4-5H2,1-3H3,(H,11,12)/t7-/m0/s1. The number of rotatable bonds is 5. The molecule has 4 heteroatoms.